The molecule has 0 aliphatic heterocycles. The van der Waals surface area contributed by atoms with E-state index in [0.717, 1.165) is 12.1 Å². The molecule has 0 saturated carbocycles. The first-order valence-corrected chi connectivity index (χ1v) is 9.73. The Kier molecular flexibility index (Phi) is 6.91. The van der Waals surface area contributed by atoms with E-state index in [0.29, 0.717) is 34.0 Å². The van der Waals surface area contributed by atoms with E-state index in [9.17, 15) is 10.2 Å². The second-order valence-electron chi connectivity index (χ2n) is 6.38. The van der Waals surface area contributed by atoms with Gasteiger partial charge >= 0.3 is 0 Å². The fraction of sp³-hybridized carbons (Fsp3) is 0.182. The number of rotatable bonds is 7. The molecule has 0 atom stereocenters. The molecule has 0 heterocycles. The molecule has 158 valence electrons. The number of nitrogens with zero attached hydrogens (tertiary/aromatic N) is 1. The molecule has 0 aromatic heterocycles. The fourth-order valence-corrected chi connectivity index (χ4v) is 3.53. The molecule has 3 aromatic rings. The van der Waals surface area contributed by atoms with Gasteiger partial charge in [0, 0.05) is 4.47 Å². The normalized spacial score (nSPS) is 10.8. The lowest BCUT2D eigenvalue weighted by molar-refractivity contribution is 0.281. The Morgan fingerprint density at radius 2 is 1.23 bits per heavy atom. The van der Waals surface area contributed by atoms with Crippen LogP contribution in [0.4, 0.5) is 25.8 Å². The Bertz CT molecular complexity index is 983. The van der Waals surface area contributed by atoms with Gasteiger partial charge in [-0.25, -0.2) is 8.78 Å². The van der Waals surface area contributed by atoms with Gasteiger partial charge in [0.1, 0.15) is 17.2 Å². The van der Waals surface area contributed by atoms with Crippen molar-refractivity contribution in [1.29, 1.82) is 0 Å². The molecular formula is C22H20BrF2NO4. The van der Waals surface area contributed by atoms with Crippen LogP contribution in [0, 0.1) is 11.6 Å². The monoisotopic (exact) mass is 479 g/mol. The molecule has 0 spiro atoms. The molecule has 8 heteroatoms. The van der Waals surface area contributed by atoms with Crippen molar-refractivity contribution < 1.29 is 28.5 Å². The van der Waals surface area contributed by atoms with Gasteiger partial charge in [-0.2, -0.15) is 0 Å². The summed E-state index contributed by atoms with van der Waals surface area (Å²) in [4.78, 5) is 1.34. The van der Waals surface area contributed by atoms with Crippen LogP contribution in [0.2, 0.25) is 0 Å². The number of hydrogen-bond acceptors (Lipinski definition) is 5. The summed E-state index contributed by atoms with van der Waals surface area (Å²) in [5.41, 5.74) is 1.50. The smallest absolute Gasteiger partial charge is 0.151 e. The van der Waals surface area contributed by atoms with Crippen molar-refractivity contribution in [3.8, 4) is 11.5 Å². The summed E-state index contributed by atoms with van der Waals surface area (Å²) in [6.45, 7) is -0.432. The van der Waals surface area contributed by atoms with Gasteiger partial charge in [-0.05, 0) is 47.5 Å². The van der Waals surface area contributed by atoms with Gasteiger partial charge in [0.05, 0.1) is 38.8 Å². The number of methoxy groups -OCH3 is 2. The van der Waals surface area contributed by atoms with Gasteiger partial charge in [0.2, 0.25) is 0 Å². The van der Waals surface area contributed by atoms with Gasteiger partial charge in [-0.3, -0.25) is 4.90 Å². The topological polar surface area (TPSA) is 62.2 Å². The average molecular weight is 480 g/mol. The SMILES string of the molecule is COc1cc(CO)ccc1N(c1ccc(CO)cc1OC)c1c(F)cc(Br)cc1F. The van der Waals surface area contributed by atoms with E-state index in [1.165, 1.54) is 19.1 Å². The molecule has 0 radical (unpaired) electrons. The van der Waals surface area contributed by atoms with Crippen LogP contribution in [-0.4, -0.2) is 24.4 Å². The molecule has 5 nitrogen and oxygen atoms in total. The average Bonchev–Trinajstić information content (AvgIpc) is 2.75. The summed E-state index contributed by atoms with van der Waals surface area (Å²) >= 11 is 3.10. The second-order valence-corrected chi connectivity index (χ2v) is 7.30. The summed E-state index contributed by atoms with van der Waals surface area (Å²) in [5, 5.41) is 18.9. The Hall–Kier alpha value is -2.68. The summed E-state index contributed by atoms with van der Waals surface area (Å²) in [6, 6.07) is 12.0. The standard InChI is InChI=1S/C22H20BrF2NO4/c1-29-20-7-13(11-27)3-5-18(20)26(22-16(24)9-15(23)10-17(22)25)19-6-4-14(12-28)8-21(19)30-2/h3-10,27-28H,11-12H2,1-2H3. The maximum Gasteiger partial charge on any atom is 0.151 e. The zero-order chi connectivity index (χ0) is 21.8. The lowest BCUT2D eigenvalue weighted by Crippen LogP contribution is -2.16. The van der Waals surface area contributed by atoms with E-state index in [-0.39, 0.29) is 23.4 Å². The van der Waals surface area contributed by atoms with Crippen LogP contribution in [0.25, 0.3) is 0 Å². The summed E-state index contributed by atoms with van der Waals surface area (Å²) in [6.07, 6.45) is 0. The molecule has 0 unspecified atom stereocenters. The highest BCUT2D eigenvalue weighted by atomic mass is 79.9. The van der Waals surface area contributed by atoms with E-state index in [1.807, 2.05) is 0 Å². The quantitative estimate of drug-likeness (QED) is 0.487. The number of halogens is 3. The van der Waals surface area contributed by atoms with E-state index < -0.39 is 11.6 Å². The number of anilines is 3. The molecule has 2 N–H and O–H groups in total. The lowest BCUT2D eigenvalue weighted by atomic mass is 10.1. The van der Waals surface area contributed by atoms with Crippen molar-refractivity contribution in [3.63, 3.8) is 0 Å². The molecule has 30 heavy (non-hydrogen) atoms. The van der Waals surface area contributed by atoms with Gasteiger partial charge in [-0.15, -0.1) is 0 Å². The maximum absolute atomic E-state index is 15.0. The highest BCUT2D eigenvalue weighted by Crippen LogP contribution is 2.46. The molecule has 3 rings (SSSR count). The van der Waals surface area contributed by atoms with Crippen molar-refractivity contribution in [3.05, 3.63) is 75.8 Å². The maximum atomic E-state index is 15.0. The summed E-state index contributed by atoms with van der Waals surface area (Å²) < 4.78 is 41.2. The zero-order valence-electron chi connectivity index (χ0n) is 16.3. The van der Waals surface area contributed by atoms with Crippen LogP contribution in [0.5, 0.6) is 11.5 Å². The molecule has 0 fully saturated rings. The number of aliphatic hydroxyl groups excluding tert-OH is 2. The number of ether oxygens (including phenoxy) is 2. The van der Waals surface area contributed by atoms with Gasteiger partial charge in [0.25, 0.3) is 0 Å². The first-order valence-electron chi connectivity index (χ1n) is 8.93. The Balaban J connectivity index is 2.35. The van der Waals surface area contributed by atoms with Crippen LogP contribution in [0.3, 0.4) is 0 Å². The minimum absolute atomic E-state index is 0.216. The second kappa shape index (κ2) is 9.42. The van der Waals surface area contributed by atoms with E-state index >= 15 is 8.78 Å². The third-order valence-corrected chi connectivity index (χ3v) is 5.00. The highest BCUT2D eigenvalue weighted by molar-refractivity contribution is 9.10. The minimum Gasteiger partial charge on any atom is -0.495 e. The Labute approximate surface area is 181 Å². The largest absolute Gasteiger partial charge is 0.495 e. The predicted molar refractivity (Wildman–Crippen MR) is 114 cm³/mol. The van der Waals surface area contributed by atoms with Gasteiger partial charge < -0.3 is 19.7 Å². The molecule has 0 aliphatic rings. The van der Waals surface area contributed by atoms with Crippen molar-refractivity contribution >= 4 is 33.0 Å². The van der Waals surface area contributed by atoms with Gasteiger partial charge in [0.15, 0.2) is 11.6 Å². The van der Waals surface area contributed by atoms with E-state index in [1.54, 1.807) is 36.4 Å². The van der Waals surface area contributed by atoms with Gasteiger partial charge in [-0.1, -0.05) is 28.1 Å². The Morgan fingerprint density at radius 1 is 0.800 bits per heavy atom. The van der Waals surface area contributed by atoms with Crippen LogP contribution in [0.1, 0.15) is 11.1 Å². The van der Waals surface area contributed by atoms with Crippen molar-refractivity contribution in [2.24, 2.45) is 0 Å². The number of benzene rings is 3. The minimum atomic E-state index is -0.802. The third-order valence-electron chi connectivity index (χ3n) is 4.54. The van der Waals surface area contributed by atoms with E-state index in [2.05, 4.69) is 15.9 Å². The molecule has 0 bridgehead atoms. The molecule has 0 amide bonds. The number of aliphatic hydroxyl groups is 2. The van der Waals surface area contributed by atoms with Crippen LogP contribution in [-0.2, 0) is 13.2 Å². The lowest BCUT2D eigenvalue weighted by Gasteiger charge is -2.29. The molecular weight excluding hydrogens is 460 g/mol. The number of hydrogen-bond donors (Lipinski definition) is 2. The zero-order valence-corrected chi connectivity index (χ0v) is 17.9. The van der Waals surface area contributed by atoms with Crippen LogP contribution >= 0.6 is 15.9 Å². The van der Waals surface area contributed by atoms with Crippen molar-refractivity contribution in [2.45, 2.75) is 13.2 Å². The predicted octanol–water partition coefficient (Wildman–Crippen LogP) is 5.20. The highest BCUT2D eigenvalue weighted by Gasteiger charge is 2.26. The molecule has 0 saturated heterocycles. The fourth-order valence-electron chi connectivity index (χ4n) is 3.13. The van der Waals surface area contributed by atoms with Crippen molar-refractivity contribution in [2.75, 3.05) is 19.1 Å². The molecule has 3 aromatic carbocycles. The molecule has 0 aliphatic carbocycles. The summed E-state index contributed by atoms with van der Waals surface area (Å²) in [7, 11) is 2.86. The first kappa shape index (κ1) is 22.0. The first-order chi connectivity index (χ1) is 14.4. The van der Waals surface area contributed by atoms with Crippen molar-refractivity contribution in [1.82, 2.24) is 0 Å². The third kappa shape index (κ3) is 4.26. The Morgan fingerprint density at radius 3 is 1.60 bits per heavy atom. The summed E-state index contributed by atoms with van der Waals surface area (Å²) in [5.74, 6) is -1.000. The van der Waals surface area contributed by atoms with Crippen LogP contribution < -0.4 is 14.4 Å². The van der Waals surface area contributed by atoms with Crippen LogP contribution in [0.15, 0.2) is 53.0 Å². The van der Waals surface area contributed by atoms with E-state index in [4.69, 9.17) is 9.47 Å².